The molecule has 0 aliphatic rings. The number of nitrogens with two attached hydrogens (primary N) is 1. The summed E-state index contributed by atoms with van der Waals surface area (Å²) >= 11 is 0. The van der Waals surface area contributed by atoms with Gasteiger partial charge in [-0.25, -0.2) is 0 Å². The maximum atomic E-state index is 12.0. The van der Waals surface area contributed by atoms with Gasteiger partial charge in [-0.2, -0.15) is 5.10 Å². The van der Waals surface area contributed by atoms with E-state index in [-0.39, 0.29) is 5.91 Å². The lowest BCUT2D eigenvalue weighted by Crippen LogP contribution is -2.28. The van der Waals surface area contributed by atoms with Crippen molar-refractivity contribution < 1.29 is 14.3 Å². The molecule has 0 saturated heterocycles. The number of anilines is 1. The van der Waals surface area contributed by atoms with Crippen molar-refractivity contribution in [3.05, 3.63) is 11.4 Å². The Kier molecular flexibility index (Phi) is 7.03. The Labute approximate surface area is 119 Å². The van der Waals surface area contributed by atoms with Gasteiger partial charge in [0.05, 0.1) is 24.6 Å². The third-order valence-corrected chi connectivity index (χ3v) is 2.89. The number of amides is 1. The van der Waals surface area contributed by atoms with Gasteiger partial charge in [0, 0.05) is 27.3 Å². The number of nitrogens with one attached hydrogen (secondary N) is 1. The van der Waals surface area contributed by atoms with Crippen LogP contribution in [-0.2, 0) is 22.9 Å². The number of ether oxygens (including phenoxy) is 2. The number of rotatable bonds is 9. The minimum Gasteiger partial charge on any atom is -0.395 e. The molecule has 0 saturated carbocycles. The molecule has 0 aliphatic carbocycles. The van der Waals surface area contributed by atoms with Gasteiger partial charge in [0.15, 0.2) is 0 Å². The number of hydrogen-bond acceptors (Lipinski definition) is 5. The fourth-order valence-corrected chi connectivity index (χ4v) is 1.83. The number of aryl methyl sites for hydroxylation is 2. The lowest BCUT2D eigenvalue weighted by Gasteiger charge is -2.07. The van der Waals surface area contributed by atoms with Crippen LogP contribution in [0.5, 0.6) is 0 Å². The zero-order chi connectivity index (χ0) is 15.0. The predicted molar refractivity (Wildman–Crippen MR) is 76.6 cm³/mol. The molecule has 1 heterocycles. The molecule has 1 amide bonds. The summed E-state index contributed by atoms with van der Waals surface area (Å²) in [6, 6.07) is 0. The molecule has 1 rings (SSSR count). The van der Waals surface area contributed by atoms with Crippen LogP contribution in [0.3, 0.4) is 0 Å². The number of nitrogen functional groups attached to an aromatic ring is 1. The molecule has 7 heteroatoms. The summed E-state index contributed by atoms with van der Waals surface area (Å²) < 4.78 is 11.7. The van der Waals surface area contributed by atoms with E-state index < -0.39 is 0 Å². The molecule has 1 aromatic heterocycles. The number of nitrogens with zero attached hydrogens (tertiary/aromatic N) is 2. The number of aromatic nitrogens is 2. The van der Waals surface area contributed by atoms with Gasteiger partial charge in [-0.15, -0.1) is 0 Å². The van der Waals surface area contributed by atoms with Gasteiger partial charge in [-0.1, -0.05) is 6.92 Å². The second kappa shape index (κ2) is 8.55. The Morgan fingerprint density at radius 3 is 2.75 bits per heavy atom. The SMILES string of the molecule is CCc1nn(C)c(C(=O)NCCCOCCOC)c1N. The van der Waals surface area contributed by atoms with Gasteiger partial charge < -0.3 is 20.5 Å². The van der Waals surface area contributed by atoms with Crippen molar-refractivity contribution in [1.29, 1.82) is 0 Å². The molecule has 0 atom stereocenters. The molecule has 0 radical (unpaired) electrons. The number of methoxy groups -OCH3 is 1. The Morgan fingerprint density at radius 1 is 1.40 bits per heavy atom. The van der Waals surface area contributed by atoms with E-state index >= 15 is 0 Å². The molecular formula is C13H24N4O3. The highest BCUT2D eigenvalue weighted by Gasteiger charge is 2.18. The first-order valence-electron chi connectivity index (χ1n) is 6.78. The van der Waals surface area contributed by atoms with Gasteiger partial charge in [-0.05, 0) is 12.8 Å². The number of carbonyl (C=O) groups excluding carboxylic acids is 1. The third kappa shape index (κ3) is 4.50. The minimum absolute atomic E-state index is 0.200. The first-order valence-corrected chi connectivity index (χ1v) is 6.78. The van der Waals surface area contributed by atoms with Crippen molar-refractivity contribution in [3.63, 3.8) is 0 Å². The second-order valence-corrected chi connectivity index (χ2v) is 4.40. The standard InChI is InChI=1S/C13H24N4O3/c1-4-10-11(14)12(17(2)16-10)13(18)15-6-5-7-20-9-8-19-3/h4-9,14H2,1-3H3,(H,15,18). The van der Waals surface area contributed by atoms with Gasteiger partial charge in [0.1, 0.15) is 5.69 Å². The van der Waals surface area contributed by atoms with E-state index in [0.29, 0.717) is 44.2 Å². The third-order valence-electron chi connectivity index (χ3n) is 2.89. The van der Waals surface area contributed by atoms with E-state index in [4.69, 9.17) is 15.2 Å². The maximum Gasteiger partial charge on any atom is 0.271 e. The van der Waals surface area contributed by atoms with Crippen LogP contribution in [0.25, 0.3) is 0 Å². The van der Waals surface area contributed by atoms with Crippen molar-refractivity contribution >= 4 is 11.6 Å². The zero-order valence-corrected chi connectivity index (χ0v) is 12.4. The van der Waals surface area contributed by atoms with Crippen LogP contribution in [0.2, 0.25) is 0 Å². The Bertz CT molecular complexity index is 431. The van der Waals surface area contributed by atoms with Gasteiger partial charge in [0.2, 0.25) is 0 Å². The second-order valence-electron chi connectivity index (χ2n) is 4.40. The van der Waals surface area contributed by atoms with Gasteiger partial charge >= 0.3 is 0 Å². The summed E-state index contributed by atoms with van der Waals surface area (Å²) in [4.78, 5) is 12.0. The molecule has 7 nitrogen and oxygen atoms in total. The highest BCUT2D eigenvalue weighted by Crippen LogP contribution is 2.16. The summed E-state index contributed by atoms with van der Waals surface area (Å²) in [5.74, 6) is -0.200. The summed E-state index contributed by atoms with van der Waals surface area (Å²) in [6.45, 7) is 4.23. The summed E-state index contributed by atoms with van der Waals surface area (Å²) in [6.07, 6.45) is 1.45. The van der Waals surface area contributed by atoms with Crippen LogP contribution in [0.4, 0.5) is 5.69 Å². The lowest BCUT2D eigenvalue weighted by molar-refractivity contribution is 0.0688. The van der Waals surface area contributed by atoms with Crippen LogP contribution in [0.1, 0.15) is 29.5 Å². The predicted octanol–water partition coefficient (Wildman–Crippen LogP) is 0.348. The average molecular weight is 284 g/mol. The molecule has 1 aromatic rings. The summed E-state index contributed by atoms with van der Waals surface area (Å²) in [5, 5.41) is 7.04. The smallest absolute Gasteiger partial charge is 0.271 e. The fraction of sp³-hybridized carbons (Fsp3) is 0.692. The molecular weight excluding hydrogens is 260 g/mol. The quantitative estimate of drug-likeness (QED) is 0.638. The highest BCUT2D eigenvalue weighted by molar-refractivity contribution is 5.97. The lowest BCUT2D eigenvalue weighted by atomic mass is 10.2. The number of carbonyl (C=O) groups is 1. The highest BCUT2D eigenvalue weighted by atomic mass is 16.5. The minimum atomic E-state index is -0.200. The van der Waals surface area contributed by atoms with E-state index in [2.05, 4.69) is 10.4 Å². The Hall–Kier alpha value is -1.60. The summed E-state index contributed by atoms with van der Waals surface area (Å²) in [7, 11) is 3.35. The molecule has 3 N–H and O–H groups in total. The van der Waals surface area contributed by atoms with Crippen molar-refractivity contribution in [2.45, 2.75) is 19.8 Å². The van der Waals surface area contributed by atoms with Crippen LogP contribution >= 0.6 is 0 Å². The zero-order valence-electron chi connectivity index (χ0n) is 12.4. The molecule has 0 aliphatic heterocycles. The summed E-state index contributed by atoms with van der Waals surface area (Å²) in [5.41, 5.74) is 7.55. The van der Waals surface area contributed by atoms with Crippen molar-refractivity contribution in [3.8, 4) is 0 Å². The van der Waals surface area contributed by atoms with E-state index in [1.165, 1.54) is 4.68 Å². The van der Waals surface area contributed by atoms with Crippen molar-refractivity contribution in [1.82, 2.24) is 15.1 Å². The molecule has 0 spiro atoms. The molecule has 114 valence electrons. The topological polar surface area (TPSA) is 91.4 Å². The van der Waals surface area contributed by atoms with Gasteiger partial charge in [-0.3, -0.25) is 9.48 Å². The Morgan fingerprint density at radius 2 is 2.15 bits per heavy atom. The van der Waals surface area contributed by atoms with Crippen LogP contribution < -0.4 is 11.1 Å². The fourth-order valence-electron chi connectivity index (χ4n) is 1.83. The average Bonchev–Trinajstić information content (AvgIpc) is 2.72. The largest absolute Gasteiger partial charge is 0.395 e. The van der Waals surface area contributed by atoms with Crippen LogP contribution in [-0.4, -0.2) is 49.2 Å². The first-order chi connectivity index (χ1) is 9.61. The van der Waals surface area contributed by atoms with Gasteiger partial charge in [0.25, 0.3) is 5.91 Å². The first kappa shape index (κ1) is 16.5. The molecule has 0 aromatic carbocycles. The normalized spacial score (nSPS) is 10.8. The molecule has 0 fully saturated rings. The molecule has 0 unspecified atom stereocenters. The van der Waals surface area contributed by atoms with Crippen molar-refractivity contribution in [2.24, 2.45) is 7.05 Å². The molecule has 0 bridgehead atoms. The Balaban J connectivity index is 2.35. The van der Waals surface area contributed by atoms with E-state index in [1.54, 1.807) is 14.2 Å². The number of hydrogen-bond donors (Lipinski definition) is 2. The van der Waals surface area contributed by atoms with Crippen molar-refractivity contribution in [2.75, 3.05) is 39.2 Å². The monoisotopic (exact) mass is 284 g/mol. The van der Waals surface area contributed by atoms with E-state index in [1.807, 2.05) is 6.92 Å². The molecule has 20 heavy (non-hydrogen) atoms. The van der Waals surface area contributed by atoms with E-state index in [9.17, 15) is 4.79 Å². The van der Waals surface area contributed by atoms with E-state index in [0.717, 1.165) is 12.1 Å². The van der Waals surface area contributed by atoms with Crippen LogP contribution in [0, 0.1) is 0 Å². The maximum absolute atomic E-state index is 12.0. The van der Waals surface area contributed by atoms with Crippen LogP contribution in [0.15, 0.2) is 0 Å².